The van der Waals surface area contributed by atoms with E-state index in [1.54, 1.807) is 11.2 Å². The third kappa shape index (κ3) is 4.73. The number of rotatable bonds is 7. The van der Waals surface area contributed by atoms with Gasteiger partial charge in [-0.1, -0.05) is 32.0 Å². The fourth-order valence-electron chi connectivity index (χ4n) is 5.22. The monoisotopic (exact) mass is 489 g/mol. The maximum Gasteiger partial charge on any atom is 0.330 e. The quantitative estimate of drug-likeness (QED) is 0.490. The van der Waals surface area contributed by atoms with Gasteiger partial charge in [0.05, 0.1) is 13.2 Å². The van der Waals surface area contributed by atoms with E-state index in [1.807, 2.05) is 27.7 Å². The van der Waals surface area contributed by atoms with Gasteiger partial charge in [0, 0.05) is 44.0 Å². The molecule has 1 unspecified atom stereocenters. The lowest BCUT2D eigenvalue weighted by molar-refractivity contribution is 0.00563. The van der Waals surface area contributed by atoms with Crippen LogP contribution in [-0.2, 0) is 4.74 Å². The zero-order valence-corrected chi connectivity index (χ0v) is 21.5. The summed E-state index contributed by atoms with van der Waals surface area (Å²) >= 11 is 0. The van der Waals surface area contributed by atoms with Crippen LogP contribution in [0.3, 0.4) is 0 Å². The summed E-state index contributed by atoms with van der Waals surface area (Å²) in [6.07, 6.45) is 1.71. The molecule has 190 valence electrons. The Balaban J connectivity index is 1.33. The van der Waals surface area contributed by atoms with Crippen LogP contribution in [0.2, 0.25) is 0 Å². The topological polar surface area (TPSA) is 79.6 Å². The lowest BCUT2D eigenvalue weighted by Gasteiger charge is -2.37. The number of hydrogen-bond acceptors (Lipinski definition) is 6. The second kappa shape index (κ2) is 10.4. The number of ether oxygens (including phenoxy) is 1. The van der Waals surface area contributed by atoms with Gasteiger partial charge >= 0.3 is 6.03 Å². The van der Waals surface area contributed by atoms with E-state index >= 15 is 0 Å². The fraction of sp³-hybridized carbons (Fsp3) is 0.481. The van der Waals surface area contributed by atoms with Gasteiger partial charge in [0.1, 0.15) is 17.8 Å². The van der Waals surface area contributed by atoms with Crippen molar-refractivity contribution in [2.75, 3.05) is 49.2 Å². The molecule has 2 fully saturated rings. The summed E-state index contributed by atoms with van der Waals surface area (Å²) in [4.78, 5) is 24.2. The molecule has 2 aromatic heterocycles. The van der Waals surface area contributed by atoms with Crippen molar-refractivity contribution in [3.8, 4) is 11.5 Å². The van der Waals surface area contributed by atoms with Gasteiger partial charge in [0.2, 0.25) is 0 Å². The van der Waals surface area contributed by atoms with Crippen LogP contribution in [0.4, 0.5) is 16.3 Å². The predicted octanol–water partition coefficient (Wildman–Crippen LogP) is 4.40. The van der Waals surface area contributed by atoms with Crippen LogP contribution in [0.5, 0.6) is 0 Å². The summed E-state index contributed by atoms with van der Waals surface area (Å²) in [7, 11) is 0. The van der Waals surface area contributed by atoms with Crippen LogP contribution >= 0.6 is 0 Å². The molecule has 5 rings (SSSR count). The molecule has 0 saturated carbocycles. The fourth-order valence-corrected chi connectivity index (χ4v) is 5.22. The van der Waals surface area contributed by atoms with Crippen LogP contribution in [-0.4, -0.2) is 70.1 Å². The number of morpholine rings is 1. The molecule has 2 saturated heterocycles. The van der Waals surface area contributed by atoms with Crippen LogP contribution in [0.1, 0.15) is 45.3 Å². The number of carbonyl (C=O) groups excluding carboxylic acids is 1. The standard InChI is InChI=1S/C27H35N7O2/c1-19(2)25(31-14-16-36-17-15-31)21-8-10-22(11-9-21)32-12-13-33(27(32)35)24-7-5-6-23(29-24)26-30-28-18-34(26)20(3)4/h5-11,18-20,25H,12-17H2,1-4H3. The number of amides is 2. The maximum absolute atomic E-state index is 13.4. The SMILES string of the molecule is CC(C)C(c1ccc(N2CCN(c3cccc(-c4nncn4C(C)C)n3)C2=O)cc1)N1CCOCC1. The highest BCUT2D eigenvalue weighted by molar-refractivity contribution is 6.05. The largest absolute Gasteiger partial charge is 0.379 e. The van der Waals surface area contributed by atoms with Crippen molar-refractivity contribution in [2.45, 2.75) is 39.8 Å². The summed E-state index contributed by atoms with van der Waals surface area (Å²) in [6.45, 7) is 13.3. The first-order chi connectivity index (χ1) is 17.4. The Labute approximate surface area is 212 Å². The van der Waals surface area contributed by atoms with Crippen molar-refractivity contribution in [3.05, 3.63) is 54.4 Å². The van der Waals surface area contributed by atoms with Gasteiger partial charge in [-0.25, -0.2) is 9.78 Å². The van der Waals surface area contributed by atoms with E-state index in [0.717, 1.165) is 32.0 Å². The molecule has 2 amide bonds. The molecule has 36 heavy (non-hydrogen) atoms. The van der Waals surface area contributed by atoms with E-state index in [1.165, 1.54) is 5.56 Å². The highest BCUT2D eigenvalue weighted by Gasteiger charge is 2.32. The molecule has 1 aromatic carbocycles. The van der Waals surface area contributed by atoms with Crippen molar-refractivity contribution in [1.82, 2.24) is 24.6 Å². The maximum atomic E-state index is 13.4. The smallest absolute Gasteiger partial charge is 0.330 e. The molecule has 9 heteroatoms. The van der Waals surface area contributed by atoms with E-state index in [0.29, 0.717) is 42.4 Å². The molecule has 3 aromatic rings. The average molecular weight is 490 g/mol. The van der Waals surface area contributed by atoms with Crippen molar-refractivity contribution >= 4 is 17.5 Å². The first kappa shape index (κ1) is 24.4. The molecular weight excluding hydrogens is 454 g/mol. The van der Waals surface area contributed by atoms with Gasteiger partial charge in [-0.3, -0.25) is 14.7 Å². The number of nitrogens with zero attached hydrogens (tertiary/aromatic N) is 7. The molecule has 0 radical (unpaired) electrons. The Morgan fingerprint density at radius 1 is 0.889 bits per heavy atom. The molecule has 2 aliphatic heterocycles. The van der Waals surface area contributed by atoms with Crippen LogP contribution < -0.4 is 9.80 Å². The number of benzene rings is 1. The van der Waals surface area contributed by atoms with E-state index < -0.39 is 0 Å². The summed E-state index contributed by atoms with van der Waals surface area (Å²) in [6, 6.07) is 14.7. The molecule has 1 atom stereocenters. The lowest BCUT2D eigenvalue weighted by Crippen LogP contribution is -2.41. The Hall–Kier alpha value is -3.30. The minimum Gasteiger partial charge on any atom is -0.379 e. The third-order valence-electron chi connectivity index (χ3n) is 7.00. The zero-order valence-electron chi connectivity index (χ0n) is 21.5. The molecule has 0 aliphatic carbocycles. The van der Waals surface area contributed by atoms with E-state index in [4.69, 9.17) is 9.72 Å². The normalized spacial score (nSPS) is 18.0. The Morgan fingerprint density at radius 3 is 2.31 bits per heavy atom. The number of carbonyl (C=O) groups is 1. The third-order valence-corrected chi connectivity index (χ3v) is 7.00. The number of pyridine rings is 1. The van der Waals surface area contributed by atoms with E-state index in [-0.39, 0.29) is 12.1 Å². The first-order valence-electron chi connectivity index (χ1n) is 12.8. The van der Waals surface area contributed by atoms with Gasteiger partial charge < -0.3 is 9.30 Å². The summed E-state index contributed by atoms with van der Waals surface area (Å²) in [5, 5.41) is 8.30. The second-order valence-electron chi connectivity index (χ2n) is 10.1. The van der Waals surface area contributed by atoms with Crippen molar-refractivity contribution in [1.29, 1.82) is 0 Å². The van der Waals surface area contributed by atoms with Crippen molar-refractivity contribution < 1.29 is 9.53 Å². The predicted molar refractivity (Wildman–Crippen MR) is 140 cm³/mol. The summed E-state index contributed by atoms with van der Waals surface area (Å²) in [5.74, 6) is 1.81. The molecule has 0 bridgehead atoms. The number of anilines is 2. The Kier molecular flexibility index (Phi) is 7.02. The molecular formula is C27H35N7O2. The highest BCUT2D eigenvalue weighted by atomic mass is 16.5. The van der Waals surface area contributed by atoms with Crippen molar-refractivity contribution in [2.24, 2.45) is 5.92 Å². The molecule has 0 spiro atoms. The van der Waals surface area contributed by atoms with Gasteiger partial charge in [-0.15, -0.1) is 10.2 Å². The number of hydrogen-bond donors (Lipinski definition) is 0. The van der Waals surface area contributed by atoms with Crippen LogP contribution in [0.25, 0.3) is 11.5 Å². The lowest BCUT2D eigenvalue weighted by atomic mass is 9.94. The summed E-state index contributed by atoms with van der Waals surface area (Å²) < 4.78 is 7.53. The van der Waals surface area contributed by atoms with Crippen molar-refractivity contribution in [3.63, 3.8) is 0 Å². The van der Waals surface area contributed by atoms with E-state index in [9.17, 15) is 4.79 Å². The van der Waals surface area contributed by atoms with E-state index in [2.05, 4.69) is 67.1 Å². The first-order valence-corrected chi connectivity index (χ1v) is 12.8. The molecule has 2 aliphatic rings. The number of urea groups is 1. The van der Waals surface area contributed by atoms with Gasteiger partial charge in [0.25, 0.3) is 0 Å². The second-order valence-corrected chi connectivity index (χ2v) is 10.1. The minimum atomic E-state index is -0.0636. The van der Waals surface area contributed by atoms with Gasteiger partial charge in [-0.05, 0) is 49.6 Å². The molecule has 4 heterocycles. The van der Waals surface area contributed by atoms with Gasteiger partial charge in [0.15, 0.2) is 5.82 Å². The number of aromatic nitrogens is 4. The van der Waals surface area contributed by atoms with Crippen LogP contribution in [0, 0.1) is 5.92 Å². The van der Waals surface area contributed by atoms with Crippen LogP contribution in [0.15, 0.2) is 48.8 Å². The Morgan fingerprint density at radius 2 is 1.61 bits per heavy atom. The average Bonchev–Trinajstić information content (AvgIpc) is 3.53. The minimum absolute atomic E-state index is 0.0636. The summed E-state index contributed by atoms with van der Waals surface area (Å²) in [5.41, 5.74) is 2.89. The molecule has 0 N–H and O–H groups in total. The molecule has 9 nitrogen and oxygen atoms in total. The zero-order chi connectivity index (χ0) is 25.2. The van der Waals surface area contributed by atoms with Gasteiger partial charge in [-0.2, -0.15) is 0 Å². The Bertz CT molecular complexity index is 1180. The highest BCUT2D eigenvalue weighted by Crippen LogP contribution is 2.32.